The summed E-state index contributed by atoms with van der Waals surface area (Å²) in [6, 6.07) is 0. The molecule has 0 saturated heterocycles. The maximum absolute atomic E-state index is 11.8. The van der Waals surface area contributed by atoms with Crippen LogP contribution in [0.25, 0.3) is 0 Å². The van der Waals surface area contributed by atoms with Crippen molar-refractivity contribution in [2.24, 2.45) is 5.92 Å². The number of rotatable bonds is 2. The molecule has 2 heterocycles. The molecule has 1 aliphatic heterocycles. The molecule has 2 aliphatic rings. The van der Waals surface area contributed by atoms with E-state index in [1.807, 2.05) is 0 Å². The highest BCUT2D eigenvalue weighted by molar-refractivity contribution is 7.71. The lowest BCUT2D eigenvalue weighted by Gasteiger charge is -2.32. The smallest absolute Gasteiger partial charge is 0.255 e. The molecule has 3 rings (SSSR count). The summed E-state index contributed by atoms with van der Waals surface area (Å²) >= 11 is 5.06. The predicted octanol–water partition coefficient (Wildman–Crippen LogP) is 2.37. The van der Waals surface area contributed by atoms with Crippen LogP contribution in [0.5, 0.6) is 0 Å². The van der Waals surface area contributed by atoms with Gasteiger partial charge in [-0.15, -0.1) is 0 Å². The Morgan fingerprint density at radius 3 is 2.79 bits per heavy atom. The SMILES string of the molecule is O=c1[nH]c(=S)[nH]c2c1CCN(CC1CCCCC1)C2. The minimum absolute atomic E-state index is 0.00364. The van der Waals surface area contributed by atoms with Crippen molar-refractivity contribution in [3.05, 3.63) is 26.4 Å². The standard InChI is InChI=1S/C14H21N3OS/c18-13-11-6-7-17(8-10-4-2-1-3-5-10)9-12(11)15-14(19)16-13/h10H,1-9H2,(H2,15,16,18,19). The fraction of sp³-hybridized carbons (Fsp3) is 0.714. The summed E-state index contributed by atoms with van der Waals surface area (Å²) < 4.78 is 0.447. The lowest BCUT2D eigenvalue weighted by Crippen LogP contribution is -2.38. The van der Waals surface area contributed by atoms with E-state index in [-0.39, 0.29) is 5.56 Å². The summed E-state index contributed by atoms with van der Waals surface area (Å²) in [5.74, 6) is 0.847. The fourth-order valence-corrected chi connectivity index (χ4v) is 3.64. The molecular formula is C14H21N3OS. The summed E-state index contributed by atoms with van der Waals surface area (Å²) in [5.41, 5.74) is 1.92. The van der Waals surface area contributed by atoms with Crippen molar-refractivity contribution in [2.45, 2.75) is 45.1 Å². The van der Waals surface area contributed by atoms with Crippen molar-refractivity contribution in [1.29, 1.82) is 0 Å². The molecule has 104 valence electrons. The second kappa shape index (κ2) is 5.59. The van der Waals surface area contributed by atoms with Crippen LogP contribution in [0.1, 0.15) is 43.4 Å². The Kier molecular flexibility index (Phi) is 3.84. The van der Waals surface area contributed by atoms with Gasteiger partial charge in [-0.2, -0.15) is 0 Å². The average molecular weight is 279 g/mol. The molecule has 19 heavy (non-hydrogen) atoms. The number of hydrogen-bond acceptors (Lipinski definition) is 3. The van der Waals surface area contributed by atoms with E-state index in [1.54, 1.807) is 0 Å². The van der Waals surface area contributed by atoms with Gasteiger partial charge in [0.25, 0.3) is 5.56 Å². The third kappa shape index (κ3) is 2.98. The van der Waals surface area contributed by atoms with E-state index in [0.29, 0.717) is 4.77 Å². The molecular weight excluding hydrogens is 258 g/mol. The number of hydrogen-bond donors (Lipinski definition) is 2. The second-order valence-corrected chi connectivity index (χ2v) is 6.26. The van der Waals surface area contributed by atoms with Crippen molar-refractivity contribution in [2.75, 3.05) is 13.1 Å². The Hall–Kier alpha value is -0.940. The zero-order valence-corrected chi connectivity index (χ0v) is 12.0. The summed E-state index contributed by atoms with van der Waals surface area (Å²) in [6.45, 7) is 3.02. The molecule has 4 nitrogen and oxygen atoms in total. The van der Waals surface area contributed by atoms with Crippen molar-refractivity contribution >= 4 is 12.2 Å². The van der Waals surface area contributed by atoms with Gasteiger partial charge in [-0.1, -0.05) is 19.3 Å². The molecule has 1 aliphatic carbocycles. The number of nitrogens with zero attached hydrogens (tertiary/aromatic N) is 1. The molecule has 0 bridgehead atoms. The normalized spacial score (nSPS) is 21.3. The highest BCUT2D eigenvalue weighted by atomic mass is 32.1. The van der Waals surface area contributed by atoms with Crippen LogP contribution in [0.3, 0.4) is 0 Å². The van der Waals surface area contributed by atoms with E-state index in [0.717, 1.165) is 36.7 Å². The quantitative estimate of drug-likeness (QED) is 0.817. The molecule has 0 unspecified atom stereocenters. The summed E-state index contributed by atoms with van der Waals surface area (Å²) in [6.07, 6.45) is 7.75. The van der Waals surface area contributed by atoms with Gasteiger partial charge in [0.2, 0.25) is 0 Å². The number of H-pyrrole nitrogens is 2. The third-order valence-corrected chi connectivity index (χ3v) is 4.63. The van der Waals surface area contributed by atoms with Crippen molar-refractivity contribution in [1.82, 2.24) is 14.9 Å². The van der Waals surface area contributed by atoms with Crippen molar-refractivity contribution in [3.63, 3.8) is 0 Å². The van der Waals surface area contributed by atoms with E-state index in [2.05, 4.69) is 14.9 Å². The molecule has 0 amide bonds. The molecule has 0 spiro atoms. The van der Waals surface area contributed by atoms with E-state index >= 15 is 0 Å². The Labute approximate surface area is 118 Å². The van der Waals surface area contributed by atoms with Gasteiger partial charge in [-0.25, -0.2) is 0 Å². The Balaban J connectivity index is 1.71. The van der Waals surface area contributed by atoms with Crippen molar-refractivity contribution < 1.29 is 0 Å². The first kappa shape index (κ1) is 13.1. The van der Waals surface area contributed by atoms with E-state index in [4.69, 9.17) is 12.2 Å². The lowest BCUT2D eigenvalue weighted by molar-refractivity contribution is 0.184. The molecule has 1 aromatic heterocycles. The molecule has 0 aromatic carbocycles. The minimum atomic E-state index is -0.00364. The van der Waals surface area contributed by atoms with Crippen LogP contribution in [-0.4, -0.2) is 28.0 Å². The van der Waals surface area contributed by atoms with Gasteiger partial charge < -0.3 is 4.98 Å². The van der Waals surface area contributed by atoms with E-state index in [1.165, 1.54) is 38.6 Å². The lowest BCUT2D eigenvalue weighted by atomic mass is 9.88. The molecule has 1 saturated carbocycles. The number of nitrogens with one attached hydrogen (secondary N) is 2. The third-order valence-electron chi connectivity index (χ3n) is 4.43. The van der Waals surface area contributed by atoms with Crippen LogP contribution in [0, 0.1) is 10.7 Å². The first-order valence-electron chi connectivity index (χ1n) is 7.29. The highest BCUT2D eigenvalue weighted by Crippen LogP contribution is 2.25. The van der Waals surface area contributed by atoms with E-state index < -0.39 is 0 Å². The molecule has 5 heteroatoms. The zero-order chi connectivity index (χ0) is 13.2. The average Bonchev–Trinajstić information content (AvgIpc) is 2.39. The van der Waals surface area contributed by atoms with Crippen LogP contribution in [0.15, 0.2) is 4.79 Å². The maximum atomic E-state index is 11.8. The van der Waals surface area contributed by atoms with Gasteiger partial charge in [0.15, 0.2) is 4.77 Å². The Bertz CT molecular complexity index is 557. The fourth-order valence-electron chi connectivity index (χ4n) is 3.42. The van der Waals surface area contributed by atoms with E-state index in [9.17, 15) is 4.79 Å². The van der Waals surface area contributed by atoms with Crippen LogP contribution in [0.2, 0.25) is 0 Å². The van der Waals surface area contributed by atoms with Crippen molar-refractivity contribution in [3.8, 4) is 0 Å². The second-order valence-electron chi connectivity index (χ2n) is 5.85. The molecule has 0 radical (unpaired) electrons. The van der Waals surface area contributed by atoms with Crippen LogP contribution >= 0.6 is 12.2 Å². The summed E-state index contributed by atoms with van der Waals surface area (Å²) in [4.78, 5) is 20.1. The first-order chi connectivity index (χ1) is 9.22. The predicted molar refractivity (Wildman–Crippen MR) is 77.8 cm³/mol. The molecule has 0 atom stereocenters. The summed E-state index contributed by atoms with van der Waals surface area (Å²) in [7, 11) is 0. The first-order valence-corrected chi connectivity index (χ1v) is 7.70. The largest absolute Gasteiger partial charge is 0.334 e. The number of aromatic amines is 2. The zero-order valence-electron chi connectivity index (χ0n) is 11.2. The van der Waals surface area contributed by atoms with Gasteiger partial charge in [0.1, 0.15) is 0 Å². The minimum Gasteiger partial charge on any atom is -0.334 e. The maximum Gasteiger partial charge on any atom is 0.255 e. The summed E-state index contributed by atoms with van der Waals surface area (Å²) in [5, 5.41) is 0. The topological polar surface area (TPSA) is 51.9 Å². The Morgan fingerprint density at radius 2 is 2.00 bits per heavy atom. The van der Waals surface area contributed by atoms with Gasteiger partial charge in [-0.05, 0) is 37.4 Å². The molecule has 2 N–H and O–H groups in total. The van der Waals surface area contributed by atoms with Crippen LogP contribution < -0.4 is 5.56 Å². The van der Waals surface area contributed by atoms with Gasteiger partial charge >= 0.3 is 0 Å². The van der Waals surface area contributed by atoms with Crippen LogP contribution in [0.4, 0.5) is 0 Å². The molecule has 1 aromatic rings. The number of aromatic nitrogens is 2. The van der Waals surface area contributed by atoms with Gasteiger partial charge in [0, 0.05) is 30.9 Å². The van der Waals surface area contributed by atoms with Gasteiger partial charge in [0.05, 0.1) is 0 Å². The highest BCUT2D eigenvalue weighted by Gasteiger charge is 2.22. The van der Waals surface area contributed by atoms with Crippen LogP contribution in [-0.2, 0) is 13.0 Å². The number of fused-ring (bicyclic) bond motifs is 1. The van der Waals surface area contributed by atoms with Gasteiger partial charge in [-0.3, -0.25) is 14.7 Å². The molecule has 1 fully saturated rings. The Morgan fingerprint density at radius 1 is 1.21 bits per heavy atom. The monoisotopic (exact) mass is 279 g/mol.